The van der Waals surface area contributed by atoms with Gasteiger partial charge in [0.25, 0.3) is 0 Å². The highest BCUT2D eigenvalue weighted by atomic mass is 16.3. The van der Waals surface area contributed by atoms with E-state index in [0.29, 0.717) is 17.4 Å². The van der Waals surface area contributed by atoms with Gasteiger partial charge in [-0.2, -0.15) is 0 Å². The highest BCUT2D eigenvalue weighted by Gasteiger charge is 2.43. The molecule has 0 saturated heterocycles. The van der Waals surface area contributed by atoms with Crippen LogP contribution in [-0.4, -0.2) is 23.8 Å². The predicted molar refractivity (Wildman–Crippen MR) is 69.4 cm³/mol. The van der Waals surface area contributed by atoms with Gasteiger partial charge in [0.15, 0.2) is 0 Å². The van der Waals surface area contributed by atoms with Crippen molar-refractivity contribution in [1.82, 2.24) is 5.32 Å². The molecule has 1 aliphatic rings. The monoisotopic (exact) mass is 227 g/mol. The van der Waals surface area contributed by atoms with Crippen LogP contribution in [0.4, 0.5) is 0 Å². The Bertz CT molecular complexity index is 231. The van der Waals surface area contributed by atoms with E-state index in [2.05, 4.69) is 46.9 Å². The average molecular weight is 227 g/mol. The van der Waals surface area contributed by atoms with Crippen LogP contribution in [0.5, 0.6) is 0 Å². The van der Waals surface area contributed by atoms with Crippen LogP contribution in [0.2, 0.25) is 0 Å². The van der Waals surface area contributed by atoms with E-state index in [0.717, 1.165) is 6.54 Å². The first-order valence-corrected chi connectivity index (χ1v) is 6.60. The number of aliphatic hydroxyl groups is 1. The zero-order valence-corrected chi connectivity index (χ0v) is 11.8. The van der Waals surface area contributed by atoms with Crippen molar-refractivity contribution >= 4 is 0 Å². The maximum absolute atomic E-state index is 10.1. The van der Waals surface area contributed by atoms with E-state index < -0.39 is 0 Å². The van der Waals surface area contributed by atoms with Gasteiger partial charge in [0, 0.05) is 18.0 Å². The molecule has 2 heteroatoms. The smallest absolute Gasteiger partial charge is 0.0626 e. The van der Waals surface area contributed by atoms with Crippen LogP contribution in [0, 0.1) is 16.7 Å². The summed E-state index contributed by atoms with van der Waals surface area (Å²) in [5.41, 5.74) is 0.465. The fourth-order valence-electron chi connectivity index (χ4n) is 2.30. The summed E-state index contributed by atoms with van der Waals surface area (Å²) >= 11 is 0. The van der Waals surface area contributed by atoms with E-state index >= 15 is 0 Å². The molecule has 0 amide bonds. The minimum Gasteiger partial charge on any atom is -0.392 e. The number of hydrogen-bond donors (Lipinski definition) is 2. The van der Waals surface area contributed by atoms with Crippen molar-refractivity contribution in [3.63, 3.8) is 0 Å². The van der Waals surface area contributed by atoms with Crippen molar-refractivity contribution in [2.75, 3.05) is 6.54 Å². The van der Waals surface area contributed by atoms with E-state index in [1.54, 1.807) is 0 Å². The second kappa shape index (κ2) is 4.66. The number of rotatable bonds is 6. The van der Waals surface area contributed by atoms with Crippen LogP contribution < -0.4 is 5.32 Å². The Balaban J connectivity index is 2.41. The summed E-state index contributed by atoms with van der Waals surface area (Å²) < 4.78 is 0. The maximum Gasteiger partial charge on any atom is 0.0626 e. The second-order valence-electron chi connectivity index (χ2n) is 6.93. The first kappa shape index (κ1) is 14.0. The number of nitrogens with one attached hydrogen (secondary N) is 1. The van der Waals surface area contributed by atoms with Crippen LogP contribution in [-0.2, 0) is 0 Å². The molecule has 2 atom stereocenters. The Morgan fingerprint density at radius 1 is 1.25 bits per heavy atom. The van der Waals surface area contributed by atoms with Crippen LogP contribution in [0.1, 0.15) is 54.4 Å². The SMILES string of the molecule is CC(C)C(O)C(C)(C)CNC(C)C1(C)CC1. The largest absolute Gasteiger partial charge is 0.392 e. The van der Waals surface area contributed by atoms with Crippen molar-refractivity contribution < 1.29 is 5.11 Å². The fraction of sp³-hybridized carbons (Fsp3) is 1.00. The van der Waals surface area contributed by atoms with Gasteiger partial charge in [-0.05, 0) is 31.1 Å². The fourth-order valence-corrected chi connectivity index (χ4v) is 2.30. The highest BCUT2D eigenvalue weighted by molar-refractivity contribution is 4.97. The molecule has 1 aliphatic carbocycles. The average Bonchev–Trinajstić information content (AvgIpc) is 2.93. The molecular weight excluding hydrogens is 198 g/mol. The van der Waals surface area contributed by atoms with Crippen molar-refractivity contribution in [3.05, 3.63) is 0 Å². The summed E-state index contributed by atoms with van der Waals surface area (Å²) in [4.78, 5) is 0. The molecule has 1 rings (SSSR count). The molecule has 1 fully saturated rings. The molecule has 0 spiro atoms. The minimum atomic E-state index is -0.237. The normalized spacial score (nSPS) is 23.2. The summed E-state index contributed by atoms with van der Waals surface area (Å²) in [7, 11) is 0. The van der Waals surface area contributed by atoms with E-state index in [1.165, 1.54) is 12.8 Å². The summed E-state index contributed by atoms with van der Waals surface area (Å²) in [6, 6.07) is 0.561. The van der Waals surface area contributed by atoms with Gasteiger partial charge in [-0.3, -0.25) is 0 Å². The van der Waals surface area contributed by atoms with Gasteiger partial charge >= 0.3 is 0 Å². The molecule has 16 heavy (non-hydrogen) atoms. The first-order valence-electron chi connectivity index (χ1n) is 6.60. The molecular formula is C14H29NO. The summed E-state index contributed by atoms with van der Waals surface area (Å²) in [6.07, 6.45) is 2.45. The number of aliphatic hydroxyl groups excluding tert-OH is 1. The topological polar surface area (TPSA) is 32.3 Å². The molecule has 2 N–H and O–H groups in total. The molecule has 0 aliphatic heterocycles. The molecule has 0 heterocycles. The van der Waals surface area contributed by atoms with Gasteiger partial charge < -0.3 is 10.4 Å². The third-order valence-electron chi connectivity index (χ3n) is 4.38. The standard InChI is InChI=1S/C14H29NO/c1-10(2)12(16)13(4,5)9-15-11(3)14(6)7-8-14/h10-12,15-16H,7-9H2,1-6H3. The summed E-state index contributed by atoms with van der Waals surface area (Å²) in [5, 5.41) is 13.7. The molecule has 0 aromatic rings. The molecule has 2 unspecified atom stereocenters. The highest BCUT2D eigenvalue weighted by Crippen LogP contribution is 2.48. The predicted octanol–water partition coefficient (Wildman–Crippen LogP) is 2.81. The Morgan fingerprint density at radius 2 is 1.75 bits per heavy atom. The Morgan fingerprint density at radius 3 is 2.12 bits per heavy atom. The zero-order valence-electron chi connectivity index (χ0n) is 11.8. The van der Waals surface area contributed by atoms with Crippen molar-refractivity contribution in [2.24, 2.45) is 16.7 Å². The van der Waals surface area contributed by atoms with Crippen LogP contribution in [0.3, 0.4) is 0 Å². The third kappa shape index (κ3) is 3.21. The molecule has 0 aromatic heterocycles. The lowest BCUT2D eigenvalue weighted by Crippen LogP contribution is -2.46. The molecule has 0 bridgehead atoms. The van der Waals surface area contributed by atoms with Gasteiger partial charge in [-0.15, -0.1) is 0 Å². The van der Waals surface area contributed by atoms with Crippen molar-refractivity contribution in [2.45, 2.75) is 66.5 Å². The molecule has 1 saturated carbocycles. The first-order chi connectivity index (χ1) is 7.19. The molecule has 2 nitrogen and oxygen atoms in total. The van der Waals surface area contributed by atoms with Gasteiger partial charge in [0.2, 0.25) is 0 Å². The number of hydrogen-bond acceptors (Lipinski definition) is 2. The van der Waals surface area contributed by atoms with Gasteiger partial charge in [-0.25, -0.2) is 0 Å². The molecule has 0 radical (unpaired) electrons. The summed E-state index contributed by atoms with van der Waals surface area (Å²) in [6.45, 7) is 14.0. The molecule has 0 aromatic carbocycles. The quantitative estimate of drug-likeness (QED) is 0.731. The lowest BCUT2D eigenvalue weighted by molar-refractivity contribution is 0.0112. The van der Waals surface area contributed by atoms with Gasteiger partial charge in [-0.1, -0.05) is 34.6 Å². The van der Waals surface area contributed by atoms with E-state index in [1.807, 2.05) is 0 Å². The van der Waals surface area contributed by atoms with Crippen molar-refractivity contribution in [1.29, 1.82) is 0 Å². The molecule has 96 valence electrons. The Labute approximate surface area is 101 Å². The zero-order chi connectivity index (χ0) is 12.6. The van der Waals surface area contributed by atoms with E-state index in [9.17, 15) is 5.11 Å². The van der Waals surface area contributed by atoms with E-state index in [-0.39, 0.29) is 11.5 Å². The summed E-state index contributed by atoms with van der Waals surface area (Å²) in [5.74, 6) is 0.323. The lowest BCUT2D eigenvalue weighted by Gasteiger charge is -2.35. The van der Waals surface area contributed by atoms with Gasteiger partial charge in [0.05, 0.1) is 6.10 Å². The lowest BCUT2D eigenvalue weighted by atomic mass is 9.80. The third-order valence-corrected chi connectivity index (χ3v) is 4.38. The van der Waals surface area contributed by atoms with Crippen LogP contribution >= 0.6 is 0 Å². The Hall–Kier alpha value is -0.0800. The minimum absolute atomic E-state index is 0.0479. The Kier molecular flexibility index (Phi) is 4.07. The van der Waals surface area contributed by atoms with Gasteiger partial charge in [0.1, 0.15) is 0 Å². The van der Waals surface area contributed by atoms with E-state index in [4.69, 9.17) is 0 Å². The van der Waals surface area contributed by atoms with Crippen LogP contribution in [0.15, 0.2) is 0 Å². The second-order valence-corrected chi connectivity index (χ2v) is 6.93. The van der Waals surface area contributed by atoms with Crippen LogP contribution in [0.25, 0.3) is 0 Å². The maximum atomic E-state index is 10.1. The van der Waals surface area contributed by atoms with Crippen molar-refractivity contribution in [3.8, 4) is 0 Å².